The van der Waals surface area contributed by atoms with Crippen molar-refractivity contribution < 1.29 is 17.6 Å². The standard InChI is InChI=1S/C14H8F3NO/c15-14(16,17)13-18-8-12(19-13)11-6-5-9-3-1-2-4-10(9)7-11/h1-8H. The second kappa shape index (κ2) is 4.12. The van der Waals surface area contributed by atoms with Crippen molar-refractivity contribution in [2.24, 2.45) is 0 Å². The molecular formula is C14H8F3NO. The smallest absolute Gasteiger partial charge is 0.433 e. The van der Waals surface area contributed by atoms with E-state index in [0.29, 0.717) is 5.56 Å². The van der Waals surface area contributed by atoms with Crippen LogP contribution in [0.3, 0.4) is 0 Å². The highest BCUT2D eigenvalue weighted by molar-refractivity contribution is 5.86. The first-order valence-corrected chi connectivity index (χ1v) is 5.56. The zero-order chi connectivity index (χ0) is 13.5. The summed E-state index contributed by atoms with van der Waals surface area (Å²) in [7, 11) is 0. The molecule has 0 fully saturated rings. The molecule has 0 bridgehead atoms. The van der Waals surface area contributed by atoms with Gasteiger partial charge in [0.25, 0.3) is 0 Å². The van der Waals surface area contributed by atoms with Gasteiger partial charge in [-0.05, 0) is 16.8 Å². The number of alkyl halides is 3. The quantitative estimate of drug-likeness (QED) is 0.645. The summed E-state index contributed by atoms with van der Waals surface area (Å²) in [6.45, 7) is 0. The van der Waals surface area contributed by atoms with Gasteiger partial charge < -0.3 is 4.42 Å². The number of aromatic nitrogens is 1. The maximum absolute atomic E-state index is 12.4. The summed E-state index contributed by atoms with van der Waals surface area (Å²) in [6.07, 6.45) is -3.47. The van der Waals surface area contributed by atoms with Crippen LogP contribution in [0.5, 0.6) is 0 Å². The number of fused-ring (bicyclic) bond motifs is 1. The molecule has 0 radical (unpaired) electrons. The Kier molecular flexibility index (Phi) is 2.55. The van der Waals surface area contributed by atoms with Crippen molar-refractivity contribution in [2.45, 2.75) is 6.18 Å². The Morgan fingerprint density at radius 1 is 0.947 bits per heavy atom. The molecule has 0 spiro atoms. The molecule has 5 heteroatoms. The van der Waals surface area contributed by atoms with E-state index in [1.807, 2.05) is 30.3 Å². The molecule has 1 aromatic heterocycles. The number of nitrogens with zero attached hydrogens (tertiary/aromatic N) is 1. The maximum atomic E-state index is 12.4. The molecule has 2 nitrogen and oxygen atoms in total. The predicted octanol–water partition coefficient (Wildman–Crippen LogP) is 4.51. The molecule has 19 heavy (non-hydrogen) atoms. The van der Waals surface area contributed by atoms with Crippen LogP contribution in [0.15, 0.2) is 53.1 Å². The van der Waals surface area contributed by atoms with Crippen molar-refractivity contribution in [3.63, 3.8) is 0 Å². The number of hydrogen-bond acceptors (Lipinski definition) is 2. The van der Waals surface area contributed by atoms with Gasteiger partial charge in [-0.1, -0.05) is 36.4 Å². The summed E-state index contributed by atoms with van der Waals surface area (Å²) in [5.74, 6) is -1.12. The average molecular weight is 263 g/mol. The summed E-state index contributed by atoms with van der Waals surface area (Å²) < 4.78 is 42.0. The summed E-state index contributed by atoms with van der Waals surface area (Å²) >= 11 is 0. The Bertz CT molecular complexity index is 731. The van der Waals surface area contributed by atoms with E-state index in [1.54, 1.807) is 12.1 Å². The first-order chi connectivity index (χ1) is 9.04. The molecule has 2 aromatic carbocycles. The molecule has 96 valence electrons. The van der Waals surface area contributed by atoms with Crippen LogP contribution in [0.1, 0.15) is 5.89 Å². The van der Waals surface area contributed by atoms with Crippen LogP contribution in [-0.2, 0) is 6.18 Å². The lowest BCUT2D eigenvalue weighted by atomic mass is 10.1. The highest BCUT2D eigenvalue weighted by atomic mass is 19.4. The monoisotopic (exact) mass is 263 g/mol. The Hall–Kier alpha value is -2.30. The molecule has 1 heterocycles. The zero-order valence-electron chi connectivity index (χ0n) is 9.61. The fourth-order valence-corrected chi connectivity index (χ4v) is 1.88. The maximum Gasteiger partial charge on any atom is 0.468 e. The number of oxazole rings is 1. The normalized spacial score (nSPS) is 11.9. The van der Waals surface area contributed by atoms with E-state index in [2.05, 4.69) is 4.98 Å². The van der Waals surface area contributed by atoms with Gasteiger partial charge in [0.15, 0.2) is 5.76 Å². The fourth-order valence-electron chi connectivity index (χ4n) is 1.88. The lowest BCUT2D eigenvalue weighted by Crippen LogP contribution is -2.04. The summed E-state index contributed by atoms with van der Waals surface area (Å²) in [6, 6.07) is 12.9. The van der Waals surface area contributed by atoms with E-state index in [4.69, 9.17) is 4.42 Å². The first kappa shape index (κ1) is 11.8. The first-order valence-electron chi connectivity index (χ1n) is 5.56. The molecule has 0 aliphatic carbocycles. The van der Waals surface area contributed by atoms with Gasteiger partial charge in [-0.15, -0.1) is 0 Å². The summed E-state index contributed by atoms with van der Waals surface area (Å²) in [4.78, 5) is 3.25. The van der Waals surface area contributed by atoms with E-state index in [1.165, 1.54) is 0 Å². The van der Waals surface area contributed by atoms with Crippen LogP contribution in [0.4, 0.5) is 13.2 Å². The van der Waals surface area contributed by atoms with Gasteiger partial charge in [-0.2, -0.15) is 13.2 Å². The van der Waals surface area contributed by atoms with Crippen molar-refractivity contribution in [1.29, 1.82) is 0 Å². The Morgan fingerprint density at radius 3 is 2.37 bits per heavy atom. The second-order valence-electron chi connectivity index (χ2n) is 4.09. The van der Waals surface area contributed by atoms with E-state index < -0.39 is 12.1 Å². The van der Waals surface area contributed by atoms with Gasteiger partial charge in [-0.3, -0.25) is 0 Å². The van der Waals surface area contributed by atoms with E-state index >= 15 is 0 Å². The third-order valence-electron chi connectivity index (χ3n) is 2.78. The molecule has 0 amide bonds. The van der Waals surface area contributed by atoms with Crippen molar-refractivity contribution in [1.82, 2.24) is 4.98 Å². The number of halogens is 3. The van der Waals surface area contributed by atoms with Crippen molar-refractivity contribution >= 4 is 10.8 Å². The average Bonchev–Trinajstić information content (AvgIpc) is 2.87. The number of rotatable bonds is 1. The highest BCUT2D eigenvalue weighted by Gasteiger charge is 2.37. The zero-order valence-corrected chi connectivity index (χ0v) is 9.61. The minimum atomic E-state index is -4.56. The molecule has 0 N–H and O–H groups in total. The summed E-state index contributed by atoms with van der Waals surface area (Å²) in [5.41, 5.74) is 0.571. The van der Waals surface area contributed by atoms with Gasteiger partial charge in [0.2, 0.25) is 0 Å². The molecule has 3 rings (SSSR count). The van der Waals surface area contributed by atoms with Gasteiger partial charge in [0.05, 0.1) is 6.20 Å². The Balaban J connectivity index is 2.07. The molecule has 3 aromatic rings. The van der Waals surface area contributed by atoms with Gasteiger partial charge in [-0.25, -0.2) is 4.98 Å². The second-order valence-corrected chi connectivity index (χ2v) is 4.09. The SMILES string of the molecule is FC(F)(F)c1ncc(-c2ccc3ccccc3c2)o1. The van der Waals surface area contributed by atoms with E-state index in [0.717, 1.165) is 17.0 Å². The van der Waals surface area contributed by atoms with Crippen molar-refractivity contribution in [3.05, 3.63) is 54.6 Å². The highest BCUT2D eigenvalue weighted by Crippen LogP contribution is 2.32. The van der Waals surface area contributed by atoms with Crippen LogP contribution in [-0.4, -0.2) is 4.98 Å². The Labute approximate surface area is 106 Å². The van der Waals surface area contributed by atoms with Crippen LogP contribution < -0.4 is 0 Å². The van der Waals surface area contributed by atoms with E-state index in [9.17, 15) is 13.2 Å². The Morgan fingerprint density at radius 2 is 1.68 bits per heavy atom. The van der Waals surface area contributed by atoms with Gasteiger partial charge >= 0.3 is 12.1 Å². The minimum Gasteiger partial charge on any atom is -0.433 e. The molecule has 0 atom stereocenters. The molecule has 0 saturated heterocycles. The molecule has 0 aliphatic rings. The van der Waals surface area contributed by atoms with Gasteiger partial charge in [0, 0.05) is 5.56 Å². The van der Waals surface area contributed by atoms with Crippen molar-refractivity contribution in [2.75, 3.05) is 0 Å². The molecule has 0 unspecified atom stereocenters. The third-order valence-corrected chi connectivity index (χ3v) is 2.78. The van der Waals surface area contributed by atoms with Crippen LogP contribution >= 0.6 is 0 Å². The topological polar surface area (TPSA) is 26.0 Å². The fraction of sp³-hybridized carbons (Fsp3) is 0.0714. The molecule has 0 saturated carbocycles. The van der Waals surface area contributed by atoms with E-state index in [-0.39, 0.29) is 5.76 Å². The predicted molar refractivity (Wildman–Crippen MR) is 64.4 cm³/mol. The van der Waals surface area contributed by atoms with Crippen LogP contribution in [0, 0.1) is 0 Å². The lowest BCUT2D eigenvalue weighted by Gasteiger charge is -2.01. The number of benzene rings is 2. The molecule has 0 aliphatic heterocycles. The largest absolute Gasteiger partial charge is 0.468 e. The lowest BCUT2D eigenvalue weighted by molar-refractivity contribution is -0.156. The van der Waals surface area contributed by atoms with Gasteiger partial charge in [0.1, 0.15) is 0 Å². The van der Waals surface area contributed by atoms with Crippen molar-refractivity contribution in [3.8, 4) is 11.3 Å². The number of hydrogen-bond donors (Lipinski definition) is 0. The minimum absolute atomic E-state index is 0.109. The molecular weight excluding hydrogens is 255 g/mol. The van der Waals surface area contributed by atoms with Crippen LogP contribution in [0.2, 0.25) is 0 Å². The van der Waals surface area contributed by atoms with Crippen LogP contribution in [0.25, 0.3) is 22.1 Å². The third kappa shape index (κ3) is 2.19. The summed E-state index contributed by atoms with van der Waals surface area (Å²) in [5, 5.41) is 1.95.